The number of aryl methyl sites for hydroxylation is 1. The molecular formula is C13H20N4O2. The molecule has 0 aromatic carbocycles. The van der Waals surface area contributed by atoms with Gasteiger partial charge in [0.2, 0.25) is 0 Å². The van der Waals surface area contributed by atoms with Crippen LogP contribution in [-0.4, -0.2) is 43.3 Å². The quantitative estimate of drug-likeness (QED) is 0.831. The summed E-state index contributed by atoms with van der Waals surface area (Å²) < 4.78 is 2.22. The lowest BCUT2D eigenvalue weighted by Crippen LogP contribution is -2.30. The maximum absolute atomic E-state index is 10.7. The van der Waals surface area contributed by atoms with Gasteiger partial charge in [-0.2, -0.15) is 0 Å². The van der Waals surface area contributed by atoms with Crippen LogP contribution in [0.3, 0.4) is 0 Å². The minimum atomic E-state index is -0.728. The van der Waals surface area contributed by atoms with Crippen molar-refractivity contribution in [1.82, 2.24) is 19.7 Å². The van der Waals surface area contributed by atoms with Gasteiger partial charge in [0.1, 0.15) is 11.6 Å². The van der Waals surface area contributed by atoms with Gasteiger partial charge in [0.25, 0.3) is 0 Å². The summed E-state index contributed by atoms with van der Waals surface area (Å²) in [7, 11) is 0. The first-order chi connectivity index (χ1) is 9.24. The van der Waals surface area contributed by atoms with Gasteiger partial charge in [0, 0.05) is 25.6 Å². The minimum absolute atomic E-state index is 0.206. The Hall–Kier alpha value is -1.43. The molecule has 2 aliphatic rings. The molecule has 6 nitrogen and oxygen atoms in total. The van der Waals surface area contributed by atoms with Gasteiger partial charge >= 0.3 is 5.97 Å². The summed E-state index contributed by atoms with van der Waals surface area (Å²) in [6.45, 7) is 2.36. The molecule has 0 amide bonds. The second kappa shape index (κ2) is 5.28. The van der Waals surface area contributed by atoms with E-state index in [0.29, 0.717) is 12.6 Å². The van der Waals surface area contributed by atoms with Crippen LogP contribution in [0.5, 0.6) is 0 Å². The van der Waals surface area contributed by atoms with E-state index in [-0.39, 0.29) is 6.42 Å². The molecule has 0 spiro atoms. The first kappa shape index (κ1) is 12.6. The van der Waals surface area contributed by atoms with Gasteiger partial charge < -0.3 is 9.67 Å². The molecule has 1 fully saturated rings. The lowest BCUT2D eigenvalue weighted by Gasteiger charge is -2.22. The minimum Gasteiger partial charge on any atom is -0.481 e. The Balaban J connectivity index is 1.67. The molecule has 104 valence electrons. The number of aromatic nitrogens is 3. The molecule has 0 radical (unpaired) electrons. The zero-order valence-corrected chi connectivity index (χ0v) is 11.1. The molecule has 1 aromatic heterocycles. The van der Waals surface area contributed by atoms with E-state index in [2.05, 4.69) is 19.7 Å². The maximum Gasteiger partial charge on any atom is 0.304 e. The molecule has 1 aromatic rings. The van der Waals surface area contributed by atoms with E-state index in [4.69, 9.17) is 5.11 Å². The molecule has 0 unspecified atom stereocenters. The van der Waals surface area contributed by atoms with Crippen molar-refractivity contribution >= 4 is 5.97 Å². The Kier molecular flexibility index (Phi) is 3.50. The Labute approximate surface area is 112 Å². The smallest absolute Gasteiger partial charge is 0.304 e. The summed E-state index contributed by atoms with van der Waals surface area (Å²) in [4.78, 5) is 13.0. The van der Waals surface area contributed by atoms with Crippen molar-refractivity contribution in [2.24, 2.45) is 0 Å². The van der Waals surface area contributed by atoms with E-state index >= 15 is 0 Å². The van der Waals surface area contributed by atoms with Crippen LogP contribution < -0.4 is 0 Å². The van der Waals surface area contributed by atoms with Crippen molar-refractivity contribution < 1.29 is 9.90 Å². The topological polar surface area (TPSA) is 71.2 Å². The van der Waals surface area contributed by atoms with Gasteiger partial charge in [-0.3, -0.25) is 9.69 Å². The first-order valence-corrected chi connectivity index (χ1v) is 7.11. The molecule has 19 heavy (non-hydrogen) atoms. The fourth-order valence-electron chi connectivity index (χ4n) is 2.74. The summed E-state index contributed by atoms with van der Waals surface area (Å²) in [6, 6.07) is 0.552. The molecular weight excluding hydrogens is 244 g/mol. The van der Waals surface area contributed by atoms with Crippen molar-refractivity contribution in [3.8, 4) is 0 Å². The van der Waals surface area contributed by atoms with Crippen LogP contribution in [-0.2, 0) is 24.3 Å². The number of carbonyl (C=O) groups is 1. The molecule has 6 heteroatoms. The van der Waals surface area contributed by atoms with E-state index in [1.165, 1.54) is 25.7 Å². The Bertz CT molecular complexity index is 467. The largest absolute Gasteiger partial charge is 0.481 e. The van der Waals surface area contributed by atoms with Crippen LogP contribution in [0, 0.1) is 0 Å². The van der Waals surface area contributed by atoms with Crippen molar-refractivity contribution in [3.05, 3.63) is 11.6 Å². The molecule has 0 saturated heterocycles. The van der Waals surface area contributed by atoms with Gasteiger partial charge in [-0.1, -0.05) is 0 Å². The summed E-state index contributed by atoms with van der Waals surface area (Å²) >= 11 is 0. The van der Waals surface area contributed by atoms with E-state index in [1.807, 2.05) is 0 Å². The highest BCUT2D eigenvalue weighted by molar-refractivity contribution is 5.66. The third-order valence-electron chi connectivity index (χ3n) is 3.96. The molecule has 1 N–H and O–H groups in total. The summed E-state index contributed by atoms with van der Waals surface area (Å²) in [5, 5.41) is 17.4. The fourth-order valence-corrected chi connectivity index (χ4v) is 2.74. The molecule has 1 saturated carbocycles. The van der Waals surface area contributed by atoms with Crippen molar-refractivity contribution in [1.29, 1.82) is 0 Å². The number of nitrogens with zero attached hydrogens (tertiary/aromatic N) is 4. The normalized spacial score (nSPS) is 18.6. The molecule has 1 aliphatic heterocycles. The fraction of sp³-hybridized carbons (Fsp3) is 0.769. The van der Waals surface area contributed by atoms with Crippen LogP contribution in [0.4, 0.5) is 0 Å². The van der Waals surface area contributed by atoms with Gasteiger partial charge in [0.05, 0.1) is 13.0 Å². The third kappa shape index (κ3) is 2.94. The number of fused-ring (bicyclic) bond motifs is 1. The summed E-state index contributed by atoms with van der Waals surface area (Å²) in [5.74, 6) is 1.37. The monoisotopic (exact) mass is 264 g/mol. The predicted molar refractivity (Wildman–Crippen MR) is 68.6 cm³/mol. The molecule has 2 heterocycles. The molecule has 1 aliphatic carbocycles. The van der Waals surface area contributed by atoms with Gasteiger partial charge in [-0.15, -0.1) is 10.2 Å². The highest BCUT2D eigenvalue weighted by Crippen LogP contribution is 2.28. The number of hydrogen-bond donors (Lipinski definition) is 1. The summed E-state index contributed by atoms with van der Waals surface area (Å²) in [6.07, 6.45) is 5.98. The Morgan fingerprint density at radius 2 is 2.21 bits per heavy atom. The number of rotatable bonds is 6. The highest BCUT2D eigenvalue weighted by Gasteiger charge is 2.30. The average Bonchev–Trinajstić information content (AvgIpc) is 3.17. The van der Waals surface area contributed by atoms with E-state index in [9.17, 15) is 4.79 Å². The van der Waals surface area contributed by atoms with Crippen LogP contribution in [0.2, 0.25) is 0 Å². The Morgan fingerprint density at radius 1 is 1.37 bits per heavy atom. The zero-order chi connectivity index (χ0) is 13.2. The SMILES string of the molecule is O=C(O)CCN(Cc1nnc2n1CCCC2)C1CC1. The summed E-state index contributed by atoms with van der Waals surface area (Å²) in [5.41, 5.74) is 0. The number of hydrogen-bond acceptors (Lipinski definition) is 4. The van der Waals surface area contributed by atoms with Crippen molar-refractivity contribution in [3.63, 3.8) is 0 Å². The lowest BCUT2D eigenvalue weighted by molar-refractivity contribution is -0.137. The van der Waals surface area contributed by atoms with Gasteiger partial charge in [-0.05, 0) is 25.7 Å². The highest BCUT2D eigenvalue weighted by atomic mass is 16.4. The van der Waals surface area contributed by atoms with E-state index in [1.54, 1.807) is 0 Å². The van der Waals surface area contributed by atoms with Crippen molar-refractivity contribution in [2.45, 2.75) is 57.7 Å². The van der Waals surface area contributed by atoms with Gasteiger partial charge in [0.15, 0.2) is 0 Å². The average molecular weight is 264 g/mol. The van der Waals surface area contributed by atoms with Crippen LogP contribution in [0.15, 0.2) is 0 Å². The van der Waals surface area contributed by atoms with E-state index in [0.717, 1.165) is 31.2 Å². The zero-order valence-electron chi connectivity index (χ0n) is 11.1. The number of carboxylic acid groups (broad SMARTS) is 1. The standard InChI is InChI=1S/C13H20N4O2/c18-13(19)6-8-16(10-4-5-10)9-12-15-14-11-3-1-2-7-17(11)12/h10H,1-9H2,(H,18,19). The molecule has 3 rings (SSSR count). The first-order valence-electron chi connectivity index (χ1n) is 7.11. The van der Waals surface area contributed by atoms with Crippen LogP contribution in [0.1, 0.15) is 43.8 Å². The van der Waals surface area contributed by atoms with E-state index < -0.39 is 5.97 Å². The van der Waals surface area contributed by atoms with Crippen LogP contribution >= 0.6 is 0 Å². The Morgan fingerprint density at radius 3 is 2.95 bits per heavy atom. The van der Waals surface area contributed by atoms with Crippen molar-refractivity contribution in [2.75, 3.05) is 6.54 Å². The second-order valence-corrected chi connectivity index (χ2v) is 5.49. The predicted octanol–water partition coefficient (Wildman–Crippen LogP) is 1.05. The van der Waals surface area contributed by atoms with Gasteiger partial charge in [-0.25, -0.2) is 0 Å². The molecule has 0 bridgehead atoms. The third-order valence-corrected chi connectivity index (χ3v) is 3.96. The number of aliphatic carboxylic acids is 1. The molecule has 0 atom stereocenters. The van der Waals surface area contributed by atoms with Crippen LogP contribution in [0.25, 0.3) is 0 Å². The number of carboxylic acids is 1. The maximum atomic E-state index is 10.7. The lowest BCUT2D eigenvalue weighted by atomic mass is 10.1. The second-order valence-electron chi connectivity index (χ2n) is 5.49.